The fourth-order valence-corrected chi connectivity index (χ4v) is 2.90. The number of hydrogen-bond donors (Lipinski definition) is 3. The first-order valence-corrected chi connectivity index (χ1v) is 7.91. The molecule has 0 bridgehead atoms. The quantitative estimate of drug-likeness (QED) is 0.684. The topological polar surface area (TPSA) is 106 Å². The first-order valence-electron chi connectivity index (χ1n) is 7.91. The van der Waals surface area contributed by atoms with Crippen molar-refractivity contribution in [2.75, 3.05) is 11.5 Å². The van der Waals surface area contributed by atoms with Gasteiger partial charge in [0.15, 0.2) is 0 Å². The third kappa shape index (κ3) is 2.71. The Labute approximate surface area is 141 Å². The van der Waals surface area contributed by atoms with Crippen LogP contribution >= 0.6 is 0 Å². The molecule has 1 atom stereocenters. The molecule has 124 valence electrons. The van der Waals surface area contributed by atoms with E-state index in [4.69, 9.17) is 11.5 Å². The molecule has 2 heterocycles. The van der Waals surface area contributed by atoms with Gasteiger partial charge >= 0.3 is 0 Å². The van der Waals surface area contributed by atoms with Crippen LogP contribution in [0.1, 0.15) is 32.0 Å². The number of aromatic amines is 1. The number of rotatable bonds is 4. The Balaban J connectivity index is 2.00. The van der Waals surface area contributed by atoms with Gasteiger partial charge in [-0.25, -0.2) is 9.97 Å². The molecule has 0 aliphatic carbocycles. The number of anilines is 2. The van der Waals surface area contributed by atoms with Crippen molar-refractivity contribution in [1.29, 1.82) is 0 Å². The fourth-order valence-electron chi connectivity index (χ4n) is 2.90. The molecule has 0 saturated carbocycles. The summed E-state index contributed by atoms with van der Waals surface area (Å²) in [5, 5.41) is 7.16. The molecule has 0 saturated heterocycles. The second kappa shape index (κ2) is 5.96. The second-order valence-corrected chi connectivity index (χ2v) is 6.47. The average molecular weight is 322 g/mol. The van der Waals surface area contributed by atoms with Gasteiger partial charge < -0.3 is 11.5 Å². The summed E-state index contributed by atoms with van der Waals surface area (Å²) in [6.45, 7) is 6.59. The maximum atomic E-state index is 5.80. The van der Waals surface area contributed by atoms with Gasteiger partial charge in [0.25, 0.3) is 0 Å². The van der Waals surface area contributed by atoms with E-state index in [0.29, 0.717) is 11.7 Å². The third-order valence-electron chi connectivity index (χ3n) is 4.80. The molecule has 1 aromatic carbocycles. The Hall–Kier alpha value is -2.89. The zero-order chi connectivity index (χ0) is 17.3. The van der Waals surface area contributed by atoms with Gasteiger partial charge in [-0.1, -0.05) is 38.1 Å². The van der Waals surface area contributed by atoms with Crippen LogP contribution < -0.4 is 11.5 Å². The minimum atomic E-state index is -0.208. The lowest BCUT2D eigenvalue weighted by Gasteiger charge is -2.33. The molecule has 5 N–H and O–H groups in total. The number of nitrogen functional groups attached to an aromatic ring is 2. The van der Waals surface area contributed by atoms with E-state index in [9.17, 15) is 0 Å². The Morgan fingerprint density at radius 1 is 1.00 bits per heavy atom. The minimum Gasteiger partial charge on any atom is -0.382 e. The van der Waals surface area contributed by atoms with E-state index in [0.717, 1.165) is 16.8 Å². The van der Waals surface area contributed by atoms with Gasteiger partial charge in [0.1, 0.15) is 5.82 Å². The highest BCUT2D eigenvalue weighted by Gasteiger charge is 2.34. The predicted molar refractivity (Wildman–Crippen MR) is 96.2 cm³/mol. The summed E-state index contributed by atoms with van der Waals surface area (Å²) in [6.07, 6.45) is 3.46. The van der Waals surface area contributed by atoms with Crippen LogP contribution in [0.5, 0.6) is 0 Å². The zero-order valence-electron chi connectivity index (χ0n) is 14.1. The molecule has 2 aromatic heterocycles. The van der Waals surface area contributed by atoms with Crippen molar-refractivity contribution in [2.24, 2.45) is 5.92 Å². The van der Waals surface area contributed by atoms with Gasteiger partial charge in [0.2, 0.25) is 5.95 Å². The molecule has 3 aromatic rings. The van der Waals surface area contributed by atoms with E-state index in [2.05, 4.69) is 65.2 Å². The standard InChI is InChI=1S/C18H22N6/c1-11(2)18(3,15-8-16(19)24-23-15)14-6-4-12(5-7-14)13-9-21-17(20)22-10-13/h4-11H,1-3H3,(H3,19,23,24)(H2,20,21,22). The van der Waals surface area contributed by atoms with Crippen molar-refractivity contribution in [1.82, 2.24) is 20.2 Å². The van der Waals surface area contributed by atoms with Crippen LogP contribution in [0.3, 0.4) is 0 Å². The van der Waals surface area contributed by atoms with Gasteiger partial charge in [-0.15, -0.1) is 0 Å². The SMILES string of the molecule is CC(C)C(C)(c1ccc(-c2cnc(N)nc2)cc1)c1cc(N)n[nH]1. The molecular formula is C18H22N6. The van der Waals surface area contributed by atoms with Crippen LogP contribution in [0.15, 0.2) is 42.7 Å². The van der Waals surface area contributed by atoms with Crippen molar-refractivity contribution in [3.05, 3.63) is 54.0 Å². The molecule has 3 rings (SSSR count). The molecule has 6 nitrogen and oxygen atoms in total. The second-order valence-electron chi connectivity index (χ2n) is 6.47. The number of nitrogens with one attached hydrogen (secondary N) is 1. The molecule has 6 heteroatoms. The summed E-state index contributed by atoms with van der Waals surface area (Å²) >= 11 is 0. The van der Waals surface area contributed by atoms with Crippen LogP contribution in [0.4, 0.5) is 11.8 Å². The third-order valence-corrected chi connectivity index (χ3v) is 4.80. The molecule has 24 heavy (non-hydrogen) atoms. The minimum absolute atomic E-state index is 0.208. The van der Waals surface area contributed by atoms with Crippen molar-refractivity contribution in [3.8, 4) is 11.1 Å². The number of aromatic nitrogens is 4. The van der Waals surface area contributed by atoms with E-state index in [-0.39, 0.29) is 11.4 Å². The highest BCUT2D eigenvalue weighted by atomic mass is 15.2. The van der Waals surface area contributed by atoms with Gasteiger partial charge in [-0.2, -0.15) is 5.10 Å². The van der Waals surface area contributed by atoms with Crippen molar-refractivity contribution >= 4 is 11.8 Å². The van der Waals surface area contributed by atoms with Crippen LogP contribution in [0.25, 0.3) is 11.1 Å². The molecule has 0 aliphatic heterocycles. The van der Waals surface area contributed by atoms with Crippen LogP contribution in [0, 0.1) is 5.92 Å². The van der Waals surface area contributed by atoms with Crippen molar-refractivity contribution in [2.45, 2.75) is 26.2 Å². The van der Waals surface area contributed by atoms with Crippen LogP contribution in [-0.2, 0) is 5.41 Å². The lowest BCUT2D eigenvalue weighted by molar-refractivity contribution is 0.394. The summed E-state index contributed by atoms with van der Waals surface area (Å²) in [5.41, 5.74) is 15.3. The number of nitrogens with zero attached hydrogens (tertiary/aromatic N) is 3. The first kappa shape index (κ1) is 16.0. The normalized spacial score (nSPS) is 13.8. The van der Waals surface area contributed by atoms with E-state index in [1.54, 1.807) is 12.4 Å². The van der Waals surface area contributed by atoms with E-state index in [1.807, 2.05) is 6.07 Å². The van der Waals surface area contributed by atoms with Crippen molar-refractivity contribution < 1.29 is 0 Å². The fraction of sp³-hybridized carbons (Fsp3) is 0.278. The van der Waals surface area contributed by atoms with Gasteiger partial charge in [-0.3, -0.25) is 5.10 Å². The van der Waals surface area contributed by atoms with E-state index >= 15 is 0 Å². The number of hydrogen-bond acceptors (Lipinski definition) is 5. The summed E-state index contributed by atoms with van der Waals surface area (Å²) in [6, 6.07) is 10.3. The monoisotopic (exact) mass is 322 g/mol. The van der Waals surface area contributed by atoms with E-state index < -0.39 is 0 Å². The smallest absolute Gasteiger partial charge is 0.219 e. The molecule has 0 spiro atoms. The highest BCUT2D eigenvalue weighted by Crippen LogP contribution is 2.39. The number of benzene rings is 1. The molecule has 1 unspecified atom stereocenters. The molecular weight excluding hydrogens is 300 g/mol. The number of H-pyrrole nitrogens is 1. The summed E-state index contributed by atoms with van der Waals surface area (Å²) in [7, 11) is 0. The maximum absolute atomic E-state index is 5.80. The Morgan fingerprint density at radius 2 is 1.62 bits per heavy atom. The highest BCUT2D eigenvalue weighted by molar-refractivity contribution is 5.62. The number of nitrogens with two attached hydrogens (primary N) is 2. The summed E-state index contributed by atoms with van der Waals surface area (Å²) < 4.78 is 0. The summed E-state index contributed by atoms with van der Waals surface area (Å²) in [5.74, 6) is 1.15. The van der Waals surface area contributed by atoms with Gasteiger partial charge in [0, 0.05) is 35.1 Å². The Bertz CT molecular complexity index is 819. The lowest BCUT2D eigenvalue weighted by atomic mass is 9.71. The van der Waals surface area contributed by atoms with Crippen LogP contribution in [0.2, 0.25) is 0 Å². The maximum Gasteiger partial charge on any atom is 0.219 e. The van der Waals surface area contributed by atoms with E-state index in [1.165, 1.54) is 5.56 Å². The van der Waals surface area contributed by atoms with Gasteiger partial charge in [-0.05, 0) is 24.0 Å². The molecule has 0 amide bonds. The largest absolute Gasteiger partial charge is 0.382 e. The lowest BCUT2D eigenvalue weighted by Crippen LogP contribution is -2.30. The predicted octanol–water partition coefficient (Wildman–Crippen LogP) is 2.99. The molecule has 0 radical (unpaired) electrons. The average Bonchev–Trinajstić information content (AvgIpc) is 3.02. The first-order chi connectivity index (χ1) is 11.4. The molecule has 0 fully saturated rings. The van der Waals surface area contributed by atoms with Crippen molar-refractivity contribution in [3.63, 3.8) is 0 Å². The molecule has 0 aliphatic rings. The Kier molecular flexibility index (Phi) is 3.97. The van der Waals surface area contributed by atoms with Gasteiger partial charge in [0.05, 0.1) is 0 Å². The summed E-state index contributed by atoms with van der Waals surface area (Å²) in [4.78, 5) is 8.09. The zero-order valence-corrected chi connectivity index (χ0v) is 14.1. The van der Waals surface area contributed by atoms with Crippen LogP contribution in [-0.4, -0.2) is 20.2 Å². The Morgan fingerprint density at radius 3 is 2.12 bits per heavy atom.